The van der Waals surface area contributed by atoms with Gasteiger partial charge in [0.05, 0.1) is 18.0 Å². The number of hydrogen-bond donors (Lipinski definition) is 2. The van der Waals surface area contributed by atoms with Crippen LogP contribution in [0.2, 0.25) is 5.02 Å². The third-order valence-electron chi connectivity index (χ3n) is 5.33. The maximum Gasteiger partial charge on any atom is 0.238 e. The highest BCUT2D eigenvalue weighted by Gasteiger charge is 2.26. The van der Waals surface area contributed by atoms with Gasteiger partial charge < -0.3 is 15.5 Å². The second-order valence-corrected chi connectivity index (χ2v) is 7.93. The predicted molar refractivity (Wildman–Crippen MR) is 112 cm³/mol. The molecule has 0 unspecified atom stereocenters. The predicted octanol–water partition coefficient (Wildman–Crippen LogP) is 3.12. The Labute approximate surface area is 173 Å². The van der Waals surface area contributed by atoms with Gasteiger partial charge in [-0.3, -0.25) is 14.5 Å². The number of carbonyl (C=O) groups excluding carboxylic acids is 2. The Morgan fingerprint density at radius 2 is 2.10 bits per heavy atom. The molecule has 2 aromatic carbocycles. The Balaban J connectivity index is 1.33. The van der Waals surface area contributed by atoms with Crippen LogP contribution >= 0.6 is 11.6 Å². The van der Waals surface area contributed by atoms with E-state index in [1.165, 1.54) is 6.07 Å². The maximum atomic E-state index is 13.8. The first-order valence-corrected chi connectivity index (χ1v) is 9.93. The molecule has 1 saturated heterocycles. The van der Waals surface area contributed by atoms with E-state index in [4.69, 9.17) is 11.6 Å². The van der Waals surface area contributed by atoms with E-state index < -0.39 is 5.82 Å². The molecule has 1 atom stereocenters. The van der Waals surface area contributed by atoms with Crippen LogP contribution in [0.15, 0.2) is 36.4 Å². The molecular formula is C21H22ClFN4O2. The molecular weight excluding hydrogens is 395 g/mol. The van der Waals surface area contributed by atoms with Gasteiger partial charge in [-0.2, -0.15) is 0 Å². The van der Waals surface area contributed by atoms with Crippen LogP contribution in [0.3, 0.4) is 0 Å². The number of benzene rings is 2. The molecule has 0 radical (unpaired) electrons. The average Bonchev–Trinajstić information content (AvgIpc) is 3.03. The summed E-state index contributed by atoms with van der Waals surface area (Å²) in [4.78, 5) is 28.1. The normalized spacial score (nSPS) is 19.1. The molecule has 0 saturated carbocycles. The van der Waals surface area contributed by atoms with Gasteiger partial charge in [0.15, 0.2) is 0 Å². The molecule has 29 heavy (non-hydrogen) atoms. The second-order valence-electron chi connectivity index (χ2n) is 7.52. The SMILES string of the molecule is C[C@@H]1CN(CC(=O)Nc2ccc3c(c2)CC(=O)N3)CCN1c1ccc(Cl)c(F)c1. The van der Waals surface area contributed by atoms with Crippen molar-refractivity contribution in [2.75, 3.05) is 41.7 Å². The summed E-state index contributed by atoms with van der Waals surface area (Å²) in [7, 11) is 0. The van der Waals surface area contributed by atoms with E-state index in [2.05, 4.69) is 27.4 Å². The summed E-state index contributed by atoms with van der Waals surface area (Å²) in [6, 6.07) is 10.4. The first kappa shape index (κ1) is 19.7. The van der Waals surface area contributed by atoms with Crippen molar-refractivity contribution >= 4 is 40.5 Å². The van der Waals surface area contributed by atoms with Crippen molar-refractivity contribution in [2.45, 2.75) is 19.4 Å². The topological polar surface area (TPSA) is 64.7 Å². The molecule has 0 aliphatic carbocycles. The lowest BCUT2D eigenvalue weighted by Crippen LogP contribution is -2.53. The third-order valence-corrected chi connectivity index (χ3v) is 5.63. The lowest BCUT2D eigenvalue weighted by Gasteiger charge is -2.41. The molecule has 1 fully saturated rings. The fourth-order valence-corrected chi connectivity index (χ4v) is 4.05. The minimum absolute atomic E-state index is 0.0316. The van der Waals surface area contributed by atoms with Crippen LogP contribution in [-0.2, 0) is 16.0 Å². The Kier molecular flexibility index (Phi) is 5.43. The quantitative estimate of drug-likeness (QED) is 0.803. The maximum absolute atomic E-state index is 13.8. The van der Waals surface area contributed by atoms with Crippen molar-refractivity contribution < 1.29 is 14.0 Å². The van der Waals surface area contributed by atoms with E-state index in [-0.39, 0.29) is 29.4 Å². The van der Waals surface area contributed by atoms with Crippen molar-refractivity contribution in [3.05, 3.63) is 52.8 Å². The highest BCUT2D eigenvalue weighted by molar-refractivity contribution is 6.30. The molecule has 2 aliphatic rings. The summed E-state index contributed by atoms with van der Waals surface area (Å²) in [6.45, 7) is 4.43. The van der Waals surface area contributed by atoms with Gasteiger partial charge in [0, 0.05) is 42.7 Å². The Morgan fingerprint density at radius 3 is 2.86 bits per heavy atom. The molecule has 0 aromatic heterocycles. The van der Waals surface area contributed by atoms with Crippen molar-refractivity contribution in [3.8, 4) is 0 Å². The first-order chi connectivity index (χ1) is 13.9. The van der Waals surface area contributed by atoms with Crippen LogP contribution in [0, 0.1) is 5.82 Å². The zero-order chi connectivity index (χ0) is 20.5. The highest BCUT2D eigenvalue weighted by Crippen LogP contribution is 2.27. The molecule has 2 heterocycles. The number of amides is 2. The largest absolute Gasteiger partial charge is 0.366 e. The number of hydrogen-bond acceptors (Lipinski definition) is 4. The van der Waals surface area contributed by atoms with Crippen LogP contribution in [0.4, 0.5) is 21.5 Å². The number of anilines is 3. The molecule has 152 valence electrons. The highest BCUT2D eigenvalue weighted by atomic mass is 35.5. The van der Waals surface area contributed by atoms with Crippen molar-refractivity contribution in [2.24, 2.45) is 0 Å². The van der Waals surface area contributed by atoms with E-state index in [9.17, 15) is 14.0 Å². The fourth-order valence-electron chi connectivity index (χ4n) is 3.93. The van der Waals surface area contributed by atoms with Crippen molar-refractivity contribution in [1.29, 1.82) is 0 Å². The number of nitrogens with one attached hydrogen (secondary N) is 2. The van der Waals surface area contributed by atoms with E-state index in [0.717, 1.165) is 16.9 Å². The Bertz CT molecular complexity index is 968. The monoisotopic (exact) mass is 416 g/mol. The number of rotatable bonds is 4. The smallest absolute Gasteiger partial charge is 0.238 e. The minimum Gasteiger partial charge on any atom is -0.366 e. The molecule has 0 bridgehead atoms. The van der Waals surface area contributed by atoms with Gasteiger partial charge in [-0.05, 0) is 48.9 Å². The van der Waals surface area contributed by atoms with E-state index >= 15 is 0 Å². The summed E-state index contributed by atoms with van der Waals surface area (Å²) < 4.78 is 13.8. The Hall–Kier alpha value is -2.64. The zero-order valence-electron chi connectivity index (χ0n) is 16.0. The van der Waals surface area contributed by atoms with E-state index in [0.29, 0.717) is 31.7 Å². The number of carbonyl (C=O) groups is 2. The van der Waals surface area contributed by atoms with Crippen LogP contribution < -0.4 is 15.5 Å². The lowest BCUT2D eigenvalue weighted by atomic mass is 10.1. The van der Waals surface area contributed by atoms with Gasteiger partial charge in [0.1, 0.15) is 5.82 Å². The number of halogens is 2. The van der Waals surface area contributed by atoms with Crippen LogP contribution in [0.5, 0.6) is 0 Å². The standard InChI is InChI=1S/C21H22ClFN4O2/c1-13-11-26(6-7-27(13)16-3-4-17(22)18(23)10-16)12-21(29)24-15-2-5-19-14(8-15)9-20(28)25-19/h2-5,8,10,13H,6-7,9,11-12H2,1H3,(H,24,29)(H,25,28)/t13-/m1/s1. The molecule has 4 rings (SSSR count). The molecule has 2 N–H and O–H groups in total. The van der Waals surface area contributed by atoms with E-state index in [1.807, 2.05) is 18.2 Å². The third kappa shape index (κ3) is 4.36. The van der Waals surface area contributed by atoms with Gasteiger partial charge in [-0.25, -0.2) is 4.39 Å². The number of piperazine rings is 1. The summed E-state index contributed by atoms with van der Waals surface area (Å²) in [6.07, 6.45) is 0.337. The van der Waals surface area contributed by atoms with E-state index in [1.54, 1.807) is 12.1 Å². The fraction of sp³-hybridized carbons (Fsp3) is 0.333. The molecule has 6 nitrogen and oxygen atoms in total. The zero-order valence-corrected chi connectivity index (χ0v) is 16.8. The molecule has 2 amide bonds. The van der Waals surface area contributed by atoms with Gasteiger partial charge in [0.25, 0.3) is 0 Å². The Morgan fingerprint density at radius 1 is 1.28 bits per heavy atom. The molecule has 0 spiro atoms. The van der Waals surface area contributed by atoms with Gasteiger partial charge in [-0.1, -0.05) is 11.6 Å². The van der Waals surface area contributed by atoms with Crippen LogP contribution in [0.25, 0.3) is 0 Å². The number of nitrogens with zero attached hydrogens (tertiary/aromatic N) is 2. The summed E-state index contributed by atoms with van der Waals surface area (Å²) in [5, 5.41) is 5.80. The van der Waals surface area contributed by atoms with Crippen LogP contribution in [-0.4, -0.2) is 48.9 Å². The first-order valence-electron chi connectivity index (χ1n) is 9.56. The van der Waals surface area contributed by atoms with Gasteiger partial charge in [-0.15, -0.1) is 0 Å². The van der Waals surface area contributed by atoms with Crippen molar-refractivity contribution in [3.63, 3.8) is 0 Å². The van der Waals surface area contributed by atoms with Gasteiger partial charge >= 0.3 is 0 Å². The van der Waals surface area contributed by atoms with Crippen molar-refractivity contribution in [1.82, 2.24) is 4.90 Å². The minimum atomic E-state index is -0.426. The van der Waals surface area contributed by atoms with Gasteiger partial charge in [0.2, 0.25) is 11.8 Å². The molecule has 2 aliphatic heterocycles. The van der Waals surface area contributed by atoms with Crippen LogP contribution in [0.1, 0.15) is 12.5 Å². The molecule has 8 heteroatoms. The summed E-state index contributed by atoms with van der Waals surface area (Å²) >= 11 is 5.77. The average molecular weight is 417 g/mol. The summed E-state index contributed by atoms with van der Waals surface area (Å²) in [5.74, 6) is -0.555. The lowest BCUT2D eigenvalue weighted by molar-refractivity contribution is -0.117. The molecule has 2 aromatic rings. The second kappa shape index (κ2) is 8.00. The number of fused-ring (bicyclic) bond motifs is 1. The summed E-state index contributed by atoms with van der Waals surface area (Å²) in [5.41, 5.74) is 3.18.